The third kappa shape index (κ3) is 2.26. The first-order chi connectivity index (χ1) is 6.79. The molecule has 3 N–H and O–H groups in total. The van der Waals surface area contributed by atoms with Gasteiger partial charge in [0, 0.05) is 11.1 Å². The van der Waals surface area contributed by atoms with Gasteiger partial charge in [-0.25, -0.2) is 0 Å². The molecule has 0 saturated carbocycles. The second-order valence-corrected chi connectivity index (χ2v) is 4.95. The molecule has 3 nitrogen and oxygen atoms in total. The predicted molar refractivity (Wildman–Crippen MR) is 64.3 cm³/mol. The minimum absolute atomic E-state index is 0.194. The predicted octanol–water partition coefficient (Wildman–Crippen LogP) is 2.67. The van der Waals surface area contributed by atoms with Crippen LogP contribution in [-0.4, -0.2) is 12.2 Å². The van der Waals surface area contributed by atoms with Crippen molar-refractivity contribution in [3.8, 4) is 11.5 Å². The van der Waals surface area contributed by atoms with Crippen LogP contribution in [0.1, 0.15) is 25.0 Å². The minimum atomic E-state index is -0.508. The average molecular weight is 274 g/mol. The fraction of sp³-hybridized carbons (Fsp3) is 0.455. The van der Waals surface area contributed by atoms with E-state index in [1.54, 1.807) is 7.11 Å². The van der Waals surface area contributed by atoms with E-state index in [0.29, 0.717) is 10.2 Å². The molecule has 4 heteroatoms. The van der Waals surface area contributed by atoms with Crippen molar-refractivity contribution < 1.29 is 9.84 Å². The van der Waals surface area contributed by atoms with Crippen LogP contribution in [0.25, 0.3) is 0 Å². The Kier molecular flexibility index (Phi) is 3.31. The van der Waals surface area contributed by atoms with E-state index in [1.807, 2.05) is 26.8 Å². The fourth-order valence-electron chi connectivity index (χ4n) is 1.43. The van der Waals surface area contributed by atoms with E-state index in [9.17, 15) is 5.11 Å². The number of benzene rings is 1. The molecule has 0 amide bonds. The average Bonchev–Trinajstić information content (AvgIpc) is 2.12. The third-order valence-corrected chi connectivity index (χ3v) is 3.02. The highest BCUT2D eigenvalue weighted by molar-refractivity contribution is 9.10. The van der Waals surface area contributed by atoms with Crippen molar-refractivity contribution in [2.24, 2.45) is 5.73 Å². The lowest BCUT2D eigenvalue weighted by atomic mass is 9.93. The highest BCUT2D eigenvalue weighted by Gasteiger charge is 2.24. The van der Waals surface area contributed by atoms with Crippen LogP contribution in [0.15, 0.2) is 10.5 Å². The molecule has 0 atom stereocenters. The summed E-state index contributed by atoms with van der Waals surface area (Å²) in [5, 5.41) is 9.74. The number of halogens is 1. The number of methoxy groups -OCH3 is 1. The Balaban J connectivity index is 3.53. The molecule has 0 aliphatic rings. The van der Waals surface area contributed by atoms with Crippen molar-refractivity contribution in [3.05, 3.63) is 21.7 Å². The normalized spacial score (nSPS) is 11.6. The van der Waals surface area contributed by atoms with Gasteiger partial charge in [0.15, 0.2) is 0 Å². The van der Waals surface area contributed by atoms with Gasteiger partial charge >= 0.3 is 0 Å². The molecule has 1 rings (SSSR count). The summed E-state index contributed by atoms with van der Waals surface area (Å²) >= 11 is 3.30. The number of phenolic OH excluding ortho intramolecular Hbond substituents is 1. The molecular weight excluding hydrogens is 258 g/mol. The van der Waals surface area contributed by atoms with Crippen LogP contribution >= 0.6 is 15.9 Å². The Hall–Kier alpha value is -0.740. The lowest BCUT2D eigenvalue weighted by Gasteiger charge is -2.24. The summed E-state index contributed by atoms with van der Waals surface area (Å²) in [6.45, 7) is 5.62. The molecule has 84 valence electrons. The molecule has 1 aromatic rings. The van der Waals surface area contributed by atoms with Crippen molar-refractivity contribution >= 4 is 15.9 Å². The Morgan fingerprint density at radius 1 is 1.47 bits per heavy atom. The van der Waals surface area contributed by atoms with E-state index in [4.69, 9.17) is 10.5 Å². The highest BCUT2D eigenvalue weighted by Crippen LogP contribution is 2.42. The smallest absolute Gasteiger partial charge is 0.141 e. The number of hydrogen-bond acceptors (Lipinski definition) is 3. The molecule has 0 saturated heterocycles. The second-order valence-electron chi connectivity index (χ2n) is 4.16. The zero-order valence-corrected chi connectivity index (χ0v) is 11.0. The molecule has 0 aliphatic heterocycles. The summed E-state index contributed by atoms with van der Waals surface area (Å²) in [4.78, 5) is 0. The zero-order valence-electron chi connectivity index (χ0n) is 9.39. The van der Waals surface area contributed by atoms with E-state index in [-0.39, 0.29) is 5.75 Å². The molecule has 0 unspecified atom stereocenters. The summed E-state index contributed by atoms with van der Waals surface area (Å²) in [6, 6.07) is 1.85. The van der Waals surface area contributed by atoms with Gasteiger partial charge in [0.2, 0.25) is 0 Å². The molecular formula is C11H16BrNO2. The SMILES string of the molecule is COc1c(C(C)(C)N)cc(C)c(O)c1Br. The topological polar surface area (TPSA) is 55.5 Å². The van der Waals surface area contributed by atoms with Crippen LogP contribution in [0.4, 0.5) is 0 Å². The highest BCUT2D eigenvalue weighted by atomic mass is 79.9. The minimum Gasteiger partial charge on any atom is -0.506 e. The standard InChI is InChI=1S/C11H16BrNO2/c1-6-5-7(11(2,3)13)10(15-4)8(12)9(6)14/h5,14H,13H2,1-4H3. The quantitative estimate of drug-likeness (QED) is 0.871. The van der Waals surface area contributed by atoms with Gasteiger partial charge in [-0.1, -0.05) is 0 Å². The maximum Gasteiger partial charge on any atom is 0.141 e. The van der Waals surface area contributed by atoms with E-state index in [2.05, 4.69) is 15.9 Å². The van der Waals surface area contributed by atoms with Gasteiger partial charge in [0.25, 0.3) is 0 Å². The number of ether oxygens (including phenoxy) is 1. The first kappa shape index (κ1) is 12.3. The number of aromatic hydroxyl groups is 1. The van der Waals surface area contributed by atoms with Crippen LogP contribution in [0.3, 0.4) is 0 Å². The van der Waals surface area contributed by atoms with Gasteiger partial charge in [-0.15, -0.1) is 0 Å². The van der Waals surface area contributed by atoms with Crippen molar-refractivity contribution in [2.45, 2.75) is 26.3 Å². The lowest BCUT2D eigenvalue weighted by molar-refractivity contribution is 0.384. The largest absolute Gasteiger partial charge is 0.506 e. The Labute approximate surface area is 98.4 Å². The summed E-state index contributed by atoms with van der Waals surface area (Å²) in [5.74, 6) is 0.783. The van der Waals surface area contributed by atoms with E-state index < -0.39 is 5.54 Å². The molecule has 0 bridgehead atoms. The molecule has 15 heavy (non-hydrogen) atoms. The van der Waals surface area contributed by atoms with Gasteiger partial charge < -0.3 is 15.6 Å². The maximum atomic E-state index is 9.74. The Morgan fingerprint density at radius 3 is 2.40 bits per heavy atom. The molecule has 0 aromatic heterocycles. The molecule has 0 aliphatic carbocycles. The van der Waals surface area contributed by atoms with E-state index >= 15 is 0 Å². The first-order valence-corrected chi connectivity index (χ1v) is 5.43. The van der Waals surface area contributed by atoms with E-state index in [0.717, 1.165) is 11.1 Å². The van der Waals surface area contributed by atoms with Gasteiger partial charge in [-0.05, 0) is 48.3 Å². The number of hydrogen-bond donors (Lipinski definition) is 2. The monoisotopic (exact) mass is 273 g/mol. The molecule has 0 radical (unpaired) electrons. The van der Waals surface area contributed by atoms with Gasteiger partial charge in [0.1, 0.15) is 16.0 Å². The summed E-state index contributed by atoms with van der Waals surface area (Å²) in [5.41, 5.74) is 7.17. The van der Waals surface area contributed by atoms with Crippen LogP contribution in [0.5, 0.6) is 11.5 Å². The Bertz CT molecular complexity index is 383. The molecule has 0 heterocycles. The van der Waals surface area contributed by atoms with Crippen molar-refractivity contribution in [2.75, 3.05) is 7.11 Å². The summed E-state index contributed by atoms with van der Waals surface area (Å²) in [6.07, 6.45) is 0. The van der Waals surface area contributed by atoms with Crippen molar-refractivity contribution in [1.82, 2.24) is 0 Å². The Morgan fingerprint density at radius 2 is 2.00 bits per heavy atom. The van der Waals surface area contributed by atoms with Crippen LogP contribution in [0, 0.1) is 6.92 Å². The van der Waals surface area contributed by atoms with Gasteiger partial charge in [-0.3, -0.25) is 0 Å². The van der Waals surface area contributed by atoms with Crippen molar-refractivity contribution in [3.63, 3.8) is 0 Å². The van der Waals surface area contributed by atoms with Crippen LogP contribution in [0.2, 0.25) is 0 Å². The van der Waals surface area contributed by atoms with Crippen LogP contribution < -0.4 is 10.5 Å². The lowest BCUT2D eigenvalue weighted by Crippen LogP contribution is -2.29. The fourth-order valence-corrected chi connectivity index (χ4v) is 2.12. The summed E-state index contributed by atoms with van der Waals surface area (Å²) in [7, 11) is 1.56. The number of nitrogens with two attached hydrogens (primary N) is 1. The van der Waals surface area contributed by atoms with Gasteiger partial charge in [-0.2, -0.15) is 0 Å². The maximum absolute atomic E-state index is 9.74. The zero-order chi connectivity index (χ0) is 11.8. The number of rotatable bonds is 2. The summed E-state index contributed by atoms with van der Waals surface area (Å²) < 4.78 is 5.81. The van der Waals surface area contributed by atoms with Crippen LogP contribution in [-0.2, 0) is 5.54 Å². The number of phenols is 1. The second kappa shape index (κ2) is 4.02. The van der Waals surface area contributed by atoms with E-state index in [1.165, 1.54) is 0 Å². The molecule has 0 fully saturated rings. The van der Waals surface area contributed by atoms with Gasteiger partial charge in [0.05, 0.1) is 7.11 Å². The van der Waals surface area contributed by atoms with Crippen molar-refractivity contribution in [1.29, 1.82) is 0 Å². The third-order valence-electron chi connectivity index (χ3n) is 2.28. The number of aryl methyl sites for hydroxylation is 1. The first-order valence-electron chi connectivity index (χ1n) is 4.64. The molecule has 1 aromatic carbocycles. The molecule has 0 spiro atoms.